The second-order valence-electron chi connectivity index (χ2n) is 5.81. The number of morpholine rings is 1. The van der Waals surface area contributed by atoms with Gasteiger partial charge in [0.25, 0.3) is 0 Å². The molecule has 2 aliphatic rings. The number of amides is 1. The summed E-state index contributed by atoms with van der Waals surface area (Å²) in [6, 6.07) is 0. The normalized spacial score (nSPS) is 31.1. The molecule has 2 heterocycles. The fourth-order valence-corrected chi connectivity index (χ4v) is 2.98. The van der Waals surface area contributed by atoms with Crippen LogP contribution in [0.15, 0.2) is 0 Å². The van der Waals surface area contributed by atoms with Crippen molar-refractivity contribution in [1.29, 1.82) is 0 Å². The maximum atomic E-state index is 12.2. The number of ether oxygens (including phenoxy) is 1. The molecule has 4 heteroatoms. The van der Waals surface area contributed by atoms with Gasteiger partial charge in [-0.1, -0.05) is 6.92 Å². The predicted molar refractivity (Wildman–Crippen MR) is 71.4 cm³/mol. The van der Waals surface area contributed by atoms with Crippen LogP contribution in [0.5, 0.6) is 0 Å². The number of carbonyl (C=O) groups is 1. The molecule has 104 valence electrons. The first-order valence-corrected chi connectivity index (χ1v) is 7.27. The molecule has 2 saturated heterocycles. The Morgan fingerprint density at radius 1 is 1.56 bits per heavy atom. The molecule has 18 heavy (non-hydrogen) atoms. The SMILES string of the molecule is CC1CN(C(=O)CC(C)C2CCCNC2)CCO1. The van der Waals surface area contributed by atoms with E-state index in [-0.39, 0.29) is 6.10 Å². The molecule has 3 unspecified atom stereocenters. The molecule has 1 N–H and O–H groups in total. The topological polar surface area (TPSA) is 41.6 Å². The Kier molecular flexibility index (Phi) is 5.01. The maximum absolute atomic E-state index is 12.2. The van der Waals surface area contributed by atoms with Gasteiger partial charge in [0.1, 0.15) is 0 Å². The Morgan fingerprint density at radius 3 is 3.06 bits per heavy atom. The molecule has 2 fully saturated rings. The zero-order valence-electron chi connectivity index (χ0n) is 11.7. The highest BCUT2D eigenvalue weighted by Crippen LogP contribution is 2.23. The highest BCUT2D eigenvalue weighted by molar-refractivity contribution is 5.76. The van der Waals surface area contributed by atoms with Gasteiger partial charge in [-0.25, -0.2) is 0 Å². The molecule has 2 rings (SSSR count). The van der Waals surface area contributed by atoms with Crippen molar-refractivity contribution in [1.82, 2.24) is 10.2 Å². The lowest BCUT2D eigenvalue weighted by atomic mass is 9.85. The number of carbonyl (C=O) groups excluding carboxylic acids is 1. The summed E-state index contributed by atoms with van der Waals surface area (Å²) in [4.78, 5) is 14.2. The second-order valence-corrected chi connectivity index (χ2v) is 5.81. The molecule has 0 bridgehead atoms. The minimum absolute atomic E-state index is 0.189. The lowest BCUT2D eigenvalue weighted by Gasteiger charge is -2.33. The van der Waals surface area contributed by atoms with E-state index in [2.05, 4.69) is 12.2 Å². The van der Waals surface area contributed by atoms with Gasteiger partial charge in [0.15, 0.2) is 0 Å². The molecule has 0 radical (unpaired) electrons. The van der Waals surface area contributed by atoms with Gasteiger partial charge in [-0.05, 0) is 44.7 Å². The molecule has 1 amide bonds. The standard InChI is InChI=1S/C14H26N2O2/c1-11(13-4-3-5-15-9-13)8-14(17)16-6-7-18-12(2)10-16/h11-13,15H,3-10H2,1-2H3. The van der Waals surface area contributed by atoms with Crippen LogP contribution in [-0.4, -0.2) is 49.7 Å². The molecule has 2 aliphatic heterocycles. The van der Waals surface area contributed by atoms with E-state index in [9.17, 15) is 4.79 Å². The van der Waals surface area contributed by atoms with E-state index < -0.39 is 0 Å². The first kappa shape index (κ1) is 13.8. The van der Waals surface area contributed by atoms with Crippen LogP contribution >= 0.6 is 0 Å². The third-order valence-electron chi connectivity index (χ3n) is 4.23. The first-order valence-electron chi connectivity index (χ1n) is 7.27. The molecular formula is C14H26N2O2. The van der Waals surface area contributed by atoms with Gasteiger partial charge in [-0.3, -0.25) is 4.79 Å². The maximum Gasteiger partial charge on any atom is 0.223 e. The van der Waals surface area contributed by atoms with Crippen LogP contribution in [0, 0.1) is 11.8 Å². The van der Waals surface area contributed by atoms with Gasteiger partial charge in [-0.2, -0.15) is 0 Å². The van der Waals surface area contributed by atoms with Gasteiger partial charge in [0.05, 0.1) is 12.7 Å². The Balaban J connectivity index is 1.78. The Morgan fingerprint density at radius 2 is 2.39 bits per heavy atom. The summed E-state index contributed by atoms with van der Waals surface area (Å²) in [5.41, 5.74) is 0. The van der Waals surface area contributed by atoms with Crippen molar-refractivity contribution >= 4 is 5.91 Å². The summed E-state index contributed by atoms with van der Waals surface area (Å²) < 4.78 is 5.48. The van der Waals surface area contributed by atoms with Crippen LogP contribution in [0.4, 0.5) is 0 Å². The van der Waals surface area contributed by atoms with Crippen LogP contribution in [0.1, 0.15) is 33.1 Å². The molecule has 0 saturated carbocycles. The van der Waals surface area contributed by atoms with E-state index in [1.54, 1.807) is 0 Å². The third kappa shape index (κ3) is 3.69. The number of nitrogens with zero attached hydrogens (tertiary/aromatic N) is 1. The largest absolute Gasteiger partial charge is 0.375 e. The summed E-state index contributed by atoms with van der Waals surface area (Å²) in [5.74, 6) is 1.47. The van der Waals surface area contributed by atoms with Gasteiger partial charge in [-0.15, -0.1) is 0 Å². The summed E-state index contributed by atoms with van der Waals surface area (Å²) in [7, 11) is 0. The van der Waals surface area contributed by atoms with Gasteiger partial charge in [0, 0.05) is 19.5 Å². The Bertz CT molecular complexity index is 277. The van der Waals surface area contributed by atoms with Crippen LogP contribution < -0.4 is 5.32 Å². The van der Waals surface area contributed by atoms with Crippen molar-refractivity contribution in [2.75, 3.05) is 32.8 Å². The quantitative estimate of drug-likeness (QED) is 0.824. The summed E-state index contributed by atoms with van der Waals surface area (Å²) in [5, 5.41) is 3.43. The molecule has 4 nitrogen and oxygen atoms in total. The molecular weight excluding hydrogens is 228 g/mol. The minimum atomic E-state index is 0.189. The molecule has 3 atom stereocenters. The zero-order valence-corrected chi connectivity index (χ0v) is 11.7. The average molecular weight is 254 g/mol. The third-order valence-corrected chi connectivity index (χ3v) is 4.23. The minimum Gasteiger partial charge on any atom is -0.375 e. The number of nitrogens with one attached hydrogen (secondary N) is 1. The zero-order chi connectivity index (χ0) is 13.0. The number of hydrogen-bond acceptors (Lipinski definition) is 3. The number of rotatable bonds is 3. The summed E-state index contributed by atoms with van der Waals surface area (Å²) in [6.45, 7) is 8.68. The lowest BCUT2D eigenvalue weighted by molar-refractivity contribution is -0.139. The lowest BCUT2D eigenvalue weighted by Crippen LogP contribution is -2.45. The van der Waals surface area contributed by atoms with Crippen LogP contribution in [0.25, 0.3) is 0 Å². The highest BCUT2D eigenvalue weighted by Gasteiger charge is 2.26. The monoisotopic (exact) mass is 254 g/mol. The van der Waals surface area contributed by atoms with E-state index >= 15 is 0 Å². The van der Waals surface area contributed by atoms with E-state index in [1.807, 2.05) is 11.8 Å². The molecule has 0 aromatic rings. The fourth-order valence-electron chi connectivity index (χ4n) is 2.98. The smallest absolute Gasteiger partial charge is 0.223 e. The van der Waals surface area contributed by atoms with Gasteiger partial charge >= 0.3 is 0 Å². The molecule has 0 aliphatic carbocycles. The van der Waals surface area contributed by atoms with Crippen molar-refractivity contribution in [2.24, 2.45) is 11.8 Å². The van der Waals surface area contributed by atoms with E-state index in [0.717, 1.165) is 26.2 Å². The predicted octanol–water partition coefficient (Wildman–Crippen LogP) is 1.26. The molecule has 0 aromatic heterocycles. The van der Waals surface area contributed by atoms with Crippen LogP contribution in [-0.2, 0) is 9.53 Å². The summed E-state index contributed by atoms with van der Waals surface area (Å²) >= 11 is 0. The summed E-state index contributed by atoms with van der Waals surface area (Å²) in [6.07, 6.45) is 3.40. The van der Waals surface area contributed by atoms with Crippen molar-refractivity contribution < 1.29 is 9.53 Å². The van der Waals surface area contributed by atoms with Crippen LogP contribution in [0.3, 0.4) is 0 Å². The average Bonchev–Trinajstić information content (AvgIpc) is 2.39. The second kappa shape index (κ2) is 6.53. The first-order chi connectivity index (χ1) is 8.66. The van der Waals surface area contributed by atoms with Crippen molar-refractivity contribution in [3.8, 4) is 0 Å². The van der Waals surface area contributed by atoms with E-state index in [4.69, 9.17) is 4.74 Å². The van der Waals surface area contributed by atoms with Gasteiger partial charge in [0.2, 0.25) is 5.91 Å². The van der Waals surface area contributed by atoms with Crippen molar-refractivity contribution in [3.05, 3.63) is 0 Å². The highest BCUT2D eigenvalue weighted by atomic mass is 16.5. The van der Waals surface area contributed by atoms with E-state index in [0.29, 0.717) is 30.8 Å². The van der Waals surface area contributed by atoms with Crippen molar-refractivity contribution in [2.45, 2.75) is 39.2 Å². The Hall–Kier alpha value is -0.610. The Labute approximate surface area is 110 Å². The van der Waals surface area contributed by atoms with Gasteiger partial charge < -0.3 is 15.0 Å². The fraction of sp³-hybridized carbons (Fsp3) is 0.929. The number of hydrogen-bond donors (Lipinski definition) is 1. The molecule has 0 spiro atoms. The van der Waals surface area contributed by atoms with E-state index in [1.165, 1.54) is 12.8 Å². The van der Waals surface area contributed by atoms with Crippen LogP contribution in [0.2, 0.25) is 0 Å². The molecule has 0 aromatic carbocycles. The number of piperidine rings is 1. The van der Waals surface area contributed by atoms with Crippen molar-refractivity contribution in [3.63, 3.8) is 0 Å².